The van der Waals surface area contributed by atoms with Gasteiger partial charge in [-0.3, -0.25) is 24.0 Å². The highest BCUT2D eigenvalue weighted by Crippen LogP contribution is 2.23. The Morgan fingerprint density at radius 2 is 1.79 bits per heavy atom. The number of hydrogen-bond acceptors (Lipinski definition) is 5. The first kappa shape index (κ1) is 19.8. The van der Waals surface area contributed by atoms with Crippen molar-refractivity contribution in [1.82, 2.24) is 9.88 Å². The fourth-order valence-electron chi connectivity index (χ4n) is 3.82. The molecule has 0 saturated carbocycles. The molecule has 1 saturated heterocycles. The lowest BCUT2D eigenvalue weighted by Crippen LogP contribution is -2.48. The SMILES string of the molecule is CC(C)N1CCN(c2cnc3ccc4ccc(NS(=O)O)cc4c(=O)c3c2)CC1. The smallest absolute Gasteiger partial charge is 0.259 e. The van der Waals surface area contributed by atoms with E-state index in [2.05, 4.69) is 33.4 Å². The van der Waals surface area contributed by atoms with Gasteiger partial charge in [-0.2, -0.15) is 0 Å². The standard InChI is InChI=1S/C21H24N4O3S/c1-14(2)24-7-9-25(10-8-24)17-12-19-20(22-13-17)6-4-15-3-5-16(23-29(27)28)11-18(15)21(19)26/h3-6,11-14,23H,7-10H2,1-2H3,(H,27,28). The summed E-state index contributed by atoms with van der Waals surface area (Å²) in [6.07, 6.45) is 1.83. The van der Waals surface area contributed by atoms with E-state index in [1.165, 1.54) is 0 Å². The molecule has 7 nitrogen and oxygen atoms in total. The summed E-state index contributed by atoms with van der Waals surface area (Å²) in [7, 11) is 0. The highest BCUT2D eigenvalue weighted by atomic mass is 32.2. The number of nitrogens with zero attached hydrogens (tertiary/aromatic N) is 3. The molecule has 4 rings (SSSR count). The Morgan fingerprint density at radius 3 is 2.48 bits per heavy atom. The van der Waals surface area contributed by atoms with Crippen molar-refractivity contribution in [2.75, 3.05) is 35.8 Å². The number of rotatable bonds is 4. The first-order valence-corrected chi connectivity index (χ1v) is 10.8. The van der Waals surface area contributed by atoms with Gasteiger partial charge < -0.3 is 4.90 Å². The van der Waals surface area contributed by atoms with Crippen molar-refractivity contribution >= 4 is 44.3 Å². The van der Waals surface area contributed by atoms with Crippen LogP contribution in [-0.4, -0.2) is 50.9 Å². The molecule has 0 radical (unpaired) electrons. The Morgan fingerprint density at radius 1 is 1.07 bits per heavy atom. The van der Waals surface area contributed by atoms with Crippen molar-refractivity contribution in [1.29, 1.82) is 0 Å². The summed E-state index contributed by atoms with van der Waals surface area (Å²) in [5.74, 6) is 0. The van der Waals surface area contributed by atoms with E-state index in [4.69, 9.17) is 4.55 Å². The first-order valence-electron chi connectivity index (χ1n) is 9.66. The van der Waals surface area contributed by atoms with Gasteiger partial charge in [0.15, 0.2) is 5.43 Å². The molecular formula is C21H24N4O3S. The van der Waals surface area contributed by atoms with Crippen molar-refractivity contribution in [2.24, 2.45) is 0 Å². The molecule has 0 spiro atoms. The molecule has 1 aliphatic rings. The van der Waals surface area contributed by atoms with Crippen LogP contribution in [0.15, 0.2) is 47.4 Å². The molecule has 2 aromatic carbocycles. The Bertz CT molecular complexity index is 1140. The molecule has 8 heteroatoms. The largest absolute Gasteiger partial charge is 0.368 e. The minimum absolute atomic E-state index is 0.137. The van der Waals surface area contributed by atoms with Crippen molar-refractivity contribution in [3.8, 4) is 0 Å². The van der Waals surface area contributed by atoms with Crippen LogP contribution in [0, 0.1) is 0 Å². The van der Waals surface area contributed by atoms with Crippen molar-refractivity contribution < 1.29 is 8.76 Å². The van der Waals surface area contributed by atoms with Crippen LogP contribution in [0.4, 0.5) is 11.4 Å². The quantitative estimate of drug-likeness (QED) is 0.641. The van der Waals surface area contributed by atoms with E-state index >= 15 is 0 Å². The van der Waals surface area contributed by atoms with E-state index in [1.807, 2.05) is 24.4 Å². The predicted octanol–water partition coefficient (Wildman–Crippen LogP) is 2.83. The van der Waals surface area contributed by atoms with E-state index < -0.39 is 11.3 Å². The van der Waals surface area contributed by atoms with Gasteiger partial charge in [-0.1, -0.05) is 12.1 Å². The summed E-state index contributed by atoms with van der Waals surface area (Å²) >= 11 is -2.19. The molecule has 3 aromatic rings. The molecule has 152 valence electrons. The van der Waals surface area contributed by atoms with Gasteiger partial charge in [0.05, 0.1) is 22.8 Å². The third kappa shape index (κ3) is 4.10. The molecule has 0 bridgehead atoms. The number of aromatic nitrogens is 1. The normalized spacial score (nSPS) is 16.5. The van der Waals surface area contributed by atoms with Gasteiger partial charge in [0, 0.05) is 43.3 Å². The van der Waals surface area contributed by atoms with Crippen LogP contribution in [0.1, 0.15) is 13.8 Å². The average molecular weight is 413 g/mol. The number of fused-ring (bicyclic) bond motifs is 2. The minimum atomic E-state index is -2.19. The summed E-state index contributed by atoms with van der Waals surface area (Å²) < 4.78 is 22.5. The molecule has 1 aliphatic heterocycles. The Kier molecular flexibility index (Phi) is 5.49. The molecule has 1 unspecified atom stereocenters. The molecular weight excluding hydrogens is 388 g/mol. The molecule has 1 aromatic heterocycles. The lowest BCUT2D eigenvalue weighted by Gasteiger charge is -2.38. The Balaban J connectivity index is 1.77. The monoisotopic (exact) mass is 412 g/mol. The number of benzene rings is 1. The second-order valence-electron chi connectivity index (χ2n) is 7.56. The molecule has 2 heterocycles. The Labute approximate surface area is 171 Å². The zero-order valence-electron chi connectivity index (χ0n) is 16.5. The van der Waals surface area contributed by atoms with Gasteiger partial charge in [0.1, 0.15) is 0 Å². The van der Waals surface area contributed by atoms with Crippen LogP contribution in [0.25, 0.3) is 21.7 Å². The van der Waals surface area contributed by atoms with Gasteiger partial charge in [0.2, 0.25) is 0 Å². The molecule has 1 atom stereocenters. The second-order valence-corrected chi connectivity index (χ2v) is 8.26. The van der Waals surface area contributed by atoms with Crippen LogP contribution in [0.2, 0.25) is 0 Å². The van der Waals surface area contributed by atoms with Crippen LogP contribution in [-0.2, 0) is 11.3 Å². The molecule has 2 N–H and O–H groups in total. The fourth-order valence-corrected chi connectivity index (χ4v) is 4.15. The third-order valence-electron chi connectivity index (χ3n) is 5.48. The fraction of sp³-hybridized carbons (Fsp3) is 0.333. The zero-order chi connectivity index (χ0) is 20.5. The third-order valence-corrected chi connectivity index (χ3v) is 5.89. The van der Waals surface area contributed by atoms with E-state index in [1.54, 1.807) is 18.2 Å². The average Bonchev–Trinajstić information content (AvgIpc) is 2.84. The Hall–Kier alpha value is -2.55. The summed E-state index contributed by atoms with van der Waals surface area (Å²) in [6, 6.07) is 11.2. The number of piperazine rings is 1. The van der Waals surface area contributed by atoms with Gasteiger partial charge in [0.25, 0.3) is 11.3 Å². The topological polar surface area (TPSA) is 85.8 Å². The molecule has 29 heavy (non-hydrogen) atoms. The number of nitrogens with one attached hydrogen (secondary N) is 1. The van der Waals surface area contributed by atoms with Crippen molar-refractivity contribution in [3.63, 3.8) is 0 Å². The number of pyridine rings is 1. The van der Waals surface area contributed by atoms with Crippen LogP contribution in [0.3, 0.4) is 0 Å². The summed E-state index contributed by atoms with van der Waals surface area (Å²) in [4.78, 5) is 22.5. The van der Waals surface area contributed by atoms with Crippen molar-refractivity contribution in [2.45, 2.75) is 19.9 Å². The van der Waals surface area contributed by atoms with Gasteiger partial charge in [-0.05, 0) is 43.5 Å². The van der Waals surface area contributed by atoms with Crippen LogP contribution < -0.4 is 15.1 Å². The molecule has 0 amide bonds. The lowest BCUT2D eigenvalue weighted by molar-refractivity contribution is 0.209. The predicted molar refractivity (Wildman–Crippen MR) is 119 cm³/mol. The molecule has 0 aliphatic carbocycles. The maximum Gasteiger partial charge on any atom is 0.259 e. The summed E-state index contributed by atoms with van der Waals surface area (Å²) in [6.45, 7) is 8.18. The number of anilines is 2. The van der Waals surface area contributed by atoms with Gasteiger partial charge >= 0.3 is 0 Å². The maximum absolute atomic E-state index is 13.3. The van der Waals surface area contributed by atoms with Crippen LogP contribution >= 0.6 is 0 Å². The van der Waals surface area contributed by atoms with E-state index in [-0.39, 0.29) is 5.43 Å². The number of hydrogen-bond donors (Lipinski definition) is 2. The lowest BCUT2D eigenvalue weighted by atomic mass is 10.1. The second kappa shape index (κ2) is 8.06. The highest BCUT2D eigenvalue weighted by molar-refractivity contribution is 7.80. The van der Waals surface area contributed by atoms with Crippen LogP contribution in [0.5, 0.6) is 0 Å². The first-order chi connectivity index (χ1) is 13.9. The van der Waals surface area contributed by atoms with Gasteiger partial charge in [-0.25, -0.2) is 4.21 Å². The summed E-state index contributed by atoms with van der Waals surface area (Å²) in [5, 5.41) is 1.79. The summed E-state index contributed by atoms with van der Waals surface area (Å²) in [5.41, 5.74) is 1.87. The van der Waals surface area contributed by atoms with E-state index in [9.17, 15) is 9.00 Å². The zero-order valence-corrected chi connectivity index (χ0v) is 17.3. The molecule has 1 fully saturated rings. The van der Waals surface area contributed by atoms with Gasteiger partial charge in [-0.15, -0.1) is 0 Å². The van der Waals surface area contributed by atoms with E-state index in [0.717, 1.165) is 37.3 Å². The van der Waals surface area contributed by atoms with Crippen molar-refractivity contribution in [3.05, 3.63) is 52.8 Å². The highest BCUT2D eigenvalue weighted by Gasteiger charge is 2.19. The van der Waals surface area contributed by atoms with E-state index in [0.29, 0.717) is 28.0 Å². The minimum Gasteiger partial charge on any atom is -0.368 e. The maximum atomic E-state index is 13.3.